The van der Waals surface area contributed by atoms with Gasteiger partial charge in [0.1, 0.15) is 17.1 Å². The summed E-state index contributed by atoms with van der Waals surface area (Å²) in [5, 5.41) is 9.23. The van der Waals surface area contributed by atoms with Crippen molar-refractivity contribution in [3.63, 3.8) is 0 Å². The van der Waals surface area contributed by atoms with Gasteiger partial charge in [0.25, 0.3) is 0 Å². The van der Waals surface area contributed by atoms with Crippen LogP contribution in [-0.4, -0.2) is 45.9 Å². The molecular weight excluding hydrogens is 432 g/mol. The highest BCUT2D eigenvalue weighted by Crippen LogP contribution is 2.29. The molecule has 0 fully saturated rings. The van der Waals surface area contributed by atoms with Gasteiger partial charge in [-0.25, -0.2) is 4.98 Å². The molecule has 0 spiro atoms. The number of benzene rings is 3. The third-order valence-corrected chi connectivity index (χ3v) is 5.89. The minimum absolute atomic E-state index is 0.0141. The third kappa shape index (κ3) is 5.75. The average molecular weight is 457 g/mol. The molecule has 33 heavy (non-hydrogen) atoms. The molecule has 6 nitrogen and oxygen atoms in total. The van der Waals surface area contributed by atoms with Crippen LogP contribution in [0.25, 0.3) is 22.5 Å². The van der Waals surface area contributed by atoms with Crippen LogP contribution in [0.2, 0.25) is 0 Å². The molecule has 1 aromatic heterocycles. The predicted octanol–water partition coefficient (Wildman–Crippen LogP) is 4.96. The number of carbonyl (C=O) groups excluding carboxylic acids is 1. The van der Waals surface area contributed by atoms with Gasteiger partial charge in [0.2, 0.25) is 11.1 Å². The summed E-state index contributed by atoms with van der Waals surface area (Å²) in [6, 6.07) is 27.5. The molecule has 4 aromatic rings. The van der Waals surface area contributed by atoms with Crippen LogP contribution >= 0.6 is 11.8 Å². The summed E-state index contributed by atoms with van der Waals surface area (Å²) in [6.07, 6.45) is 0. The molecule has 0 aliphatic carbocycles. The molecule has 166 valence electrons. The lowest BCUT2D eigenvalue weighted by Gasteiger charge is -2.17. The van der Waals surface area contributed by atoms with Crippen molar-refractivity contribution in [2.24, 2.45) is 0 Å². The van der Waals surface area contributed by atoms with Crippen molar-refractivity contribution in [1.29, 1.82) is 0 Å². The topological polar surface area (TPSA) is 68.2 Å². The fourth-order valence-electron chi connectivity index (χ4n) is 3.33. The van der Waals surface area contributed by atoms with E-state index in [1.807, 2.05) is 84.9 Å². The zero-order chi connectivity index (χ0) is 23.0. The van der Waals surface area contributed by atoms with E-state index in [0.29, 0.717) is 17.4 Å². The Bertz CT molecular complexity index is 1220. The first kappa shape index (κ1) is 22.5. The molecule has 0 bridgehead atoms. The van der Waals surface area contributed by atoms with Gasteiger partial charge in [-0.05, 0) is 17.7 Å². The summed E-state index contributed by atoms with van der Waals surface area (Å²) in [6.45, 7) is 0.498. The van der Waals surface area contributed by atoms with Gasteiger partial charge in [0.05, 0.1) is 12.9 Å². The van der Waals surface area contributed by atoms with E-state index in [9.17, 15) is 4.79 Å². The SMILES string of the molecule is COc1cccc(CN(C)C(=O)CSc2nnc(-c3ccccc3)c(-c3ccccc3)n2)c1. The fourth-order valence-corrected chi connectivity index (χ4v) is 4.06. The third-order valence-electron chi connectivity index (χ3n) is 5.07. The molecule has 0 aliphatic heterocycles. The number of methoxy groups -OCH3 is 1. The van der Waals surface area contributed by atoms with Crippen molar-refractivity contribution in [2.75, 3.05) is 19.9 Å². The Hall–Kier alpha value is -3.71. The highest BCUT2D eigenvalue weighted by atomic mass is 32.2. The molecule has 4 rings (SSSR count). The van der Waals surface area contributed by atoms with E-state index < -0.39 is 0 Å². The second-order valence-electron chi connectivity index (χ2n) is 7.41. The maximum atomic E-state index is 12.7. The van der Waals surface area contributed by atoms with E-state index in [4.69, 9.17) is 9.72 Å². The van der Waals surface area contributed by atoms with Gasteiger partial charge in [-0.15, -0.1) is 10.2 Å². The Morgan fingerprint density at radius 3 is 2.21 bits per heavy atom. The Balaban J connectivity index is 1.49. The van der Waals surface area contributed by atoms with E-state index in [1.54, 1.807) is 19.1 Å². The van der Waals surface area contributed by atoms with E-state index in [2.05, 4.69) is 10.2 Å². The van der Waals surface area contributed by atoms with Crippen LogP contribution in [-0.2, 0) is 11.3 Å². The minimum atomic E-state index is -0.0141. The van der Waals surface area contributed by atoms with E-state index in [-0.39, 0.29) is 11.7 Å². The molecule has 1 heterocycles. The predicted molar refractivity (Wildman–Crippen MR) is 131 cm³/mol. The van der Waals surface area contributed by atoms with Gasteiger partial charge in [-0.1, -0.05) is 84.6 Å². The molecule has 1 amide bonds. The summed E-state index contributed by atoms with van der Waals surface area (Å²) >= 11 is 1.29. The monoisotopic (exact) mass is 456 g/mol. The largest absolute Gasteiger partial charge is 0.497 e. The zero-order valence-corrected chi connectivity index (χ0v) is 19.3. The number of carbonyl (C=O) groups is 1. The van der Waals surface area contributed by atoms with Gasteiger partial charge in [-0.2, -0.15) is 0 Å². The highest BCUT2D eigenvalue weighted by molar-refractivity contribution is 7.99. The Kier molecular flexibility index (Phi) is 7.32. The van der Waals surface area contributed by atoms with Crippen molar-refractivity contribution in [3.05, 3.63) is 90.5 Å². The number of amides is 1. The number of rotatable bonds is 8. The second-order valence-corrected chi connectivity index (χ2v) is 8.36. The van der Waals surface area contributed by atoms with Crippen LogP contribution < -0.4 is 4.74 Å². The molecule has 0 N–H and O–H groups in total. The van der Waals surface area contributed by atoms with E-state index >= 15 is 0 Å². The van der Waals surface area contributed by atoms with Gasteiger partial charge in [0, 0.05) is 24.7 Å². The molecule has 0 radical (unpaired) electrons. The van der Waals surface area contributed by atoms with Crippen LogP contribution in [0.5, 0.6) is 5.75 Å². The smallest absolute Gasteiger partial charge is 0.233 e. The lowest BCUT2D eigenvalue weighted by Crippen LogP contribution is -2.27. The first-order chi connectivity index (χ1) is 16.1. The average Bonchev–Trinajstić information content (AvgIpc) is 2.88. The summed E-state index contributed by atoms with van der Waals surface area (Å²) in [4.78, 5) is 19.2. The second kappa shape index (κ2) is 10.7. The molecule has 0 saturated heterocycles. The Labute approximate surface area is 197 Å². The molecule has 0 aliphatic rings. The normalized spacial score (nSPS) is 10.6. The minimum Gasteiger partial charge on any atom is -0.497 e. The summed E-state index contributed by atoms with van der Waals surface area (Å²) < 4.78 is 5.26. The fraction of sp³-hybridized carbons (Fsp3) is 0.154. The number of hydrogen-bond donors (Lipinski definition) is 0. The zero-order valence-electron chi connectivity index (χ0n) is 18.5. The van der Waals surface area contributed by atoms with Gasteiger partial charge in [-0.3, -0.25) is 4.79 Å². The van der Waals surface area contributed by atoms with Crippen molar-refractivity contribution in [2.45, 2.75) is 11.7 Å². The number of thioether (sulfide) groups is 1. The van der Waals surface area contributed by atoms with E-state index in [0.717, 1.165) is 28.1 Å². The summed E-state index contributed by atoms with van der Waals surface area (Å²) in [5.41, 5.74) is 4.37. The van der Waals surface area contributed by atoms with Crippen LogP contribution in [0.4, 0.5) is 0 Å². The quantitative estimate of drug-likeness (QED) is 0.349. The number of nitrogens with zero attached hydrogens (tertiary/aromatic N) is 4. The molecule has 7 heteroatoms. The number of hydrogen-bond acceptors (Lipinski definition) is 6. The van der Waals surface area contributed by atoms with Gasteiger partial charge >= 0.3 is 0 Å². The van der Waals surface area contributed by atoms with Crippen LogP contribution in [0.15, 0.2) is 90.1 Å². The van der Waals surface area contributed by atoms with Crippen molar-refractivity contribution in [1.82, 2.24) is 20.1 Å². The maximum absolute atomic E-state index is 12.7. The maximum Gasteiger partial charge on any atom is 0.233 e. The lowest BCUT2D eigenvalue weighted by atomic mass is 10.0. The molecule has 0 unspecified atom stereocenters. The van der Waals surface area contributed by atoms with Crippen molar-refractivity contribution >= 4 is 17.7 Å². The summed E-state index contributed by atoms with van der Waals surface area (Å²) in [5.74, 6) is 0.982. The molecule has 0 atom stereocenters. The Morgan fingerprint density at radius 2 is 1.55 bits per heavy atom. The number of aromatic nitrogens is 3. The molecule has 3 aromatic carbocycles. The summed E-state index contributed by atoms with van der Waals surface area (Å²) in [7, 11) is 3.42. The first-order valence-electron chi connectivity index (χ1n) is 10.5. The highest BCUT2D eigenvalue weighted by Gasteiger charge is 2.16. The van der Waals surface area contributed by atoms with Gasteiger partial charge in [0.15, 0.2) is 0 Å². The van der Waals surface area contributed by atoms with Gasteiger partial charge < -0.3 is 9.64 Å². The number of ether oxygens (including phenoxy) is 1. The van der Waals surface area contributed by atoms with Crippen LogP contribution in [0, 0.1) is 0 Å². The Morgan fingerprint density at radius 1 is 0.879 bits per heavy atom. The van der Waals surface area contributed by atoms with Crippen molar-refractivity contribution < 1.29 is 9.53 Å². The first-order valence-corrected chi connectivity index (χ1v) is 11.5. The van der Waals surface area contributed by atoms with Crippen LogP contribution in [0.1, 0.15) is 5.56 Å². The lowest BCUT2D eigenvalue weighted by molar-refractivity contribution is -0.127. The molecular formula is C26H24N4O2S. The standard InChI is InChI=1S/C26H24N4O2S/c1-30(17-19-10-9-15-22(16-19)32-2)23(31)18-33-26-27-24(20-11-5-3-6-12-20)25(28-29-26)21-13-7-4-8-14-21/h3-16H,17-18H2,1-2H3. The van der Waals surface area contributed by atoms with Crippen LogP contribution in [0.3, 0.4) is 0 Å². The molecule has 0 saturated carbocycles. The van der Waals surface area contributed by atoms with Crippen molar-refractivity contribution in [3.8, 4) is 28.3 Å². The van der Waals surface area contributed by atoms with E-state index in [1.165, 1.54) is 11.8 Å².